The molecule has 16 heavy (non-hydrogen) atoms. The van der Waals surface area contributed by atoms with E-state index in [2.05, 4.69) is 4.98 Å². The largest absolute Gasteiger partial charge is 0.245 e. The standard InChI is InChI=1S/C10H7F3N2S/c1-6-5-15(16-13)10(14-6)7-2-8(11)4-9(12)3-7/h2-5H,1H3. The van der Waals surface area contributed by atoms with Crippen LogP contribution in [0.25, 0.3) is 11.4 Å². The minimum atomic E-state index is -0.717. The van der Waals surface area contributed by atoms with Crippen molar-refractivity contribution in [2.24, 2.45) is 0 Å². The summed E-state index contributed by atoms with van der Waals surface area (Å²) in [7, 11) is 0. The quantitative estimate of drug-likeness (QED) is 0.804. The van der Waals surface area contributed by atoms with E-state index in [0.29, 0.717) is 5.69 Å². The van der Waals surface area contributed by atoms with Gasteiger partial charge in [-0.3, -0.25) is 0 Å². The third-order valence-corrected chi connectivity index (χ3v) is 2.42. The van der Waals surface area contributed by atoms with Gasteiger partial charge in [0.1, 0.15) is 11.6 Å². The van der Waals surface area contributed by atoms with Crippen molar-refractivity contribution in [3.63, 3.8) is 0 Å². The first kappa shape index (κ1) is 11.1. The van der Waals surface area contributed by atoms with Crippen LogP contribution in [0.5, 0.6) is 0 Å². The summed E-state index contributed by atoms with van der Waals surface area (Å²) in [5.74, 6) is -1.25. The average Bonchev–Trinajstić information content (AvgIpc) is 2.58. The fraction of sp³-hybridized carbons (Fsp3) is 0.100. The highest BCUT2D eigenvalue weighted by Crippen LogP contribution is 2.25. The Balaban J connectivity index is 2.57. The molecule has 1 aromatic heterocycles. The summed E-state index contributed by atoms with van der Waals surface area (Å²) in [5, 5.41) is 0. The Kier molecular flexibility index (Phi) is 2.91. The first-order valence-corrected chi connectivity index (χ1v) is 5.09. The Morgan fingerprint density at radius 2 is 1.81 bits per heavy atom. The summed E-state index contributed by atoms with van der Waals surface area (Å²) in [6.45, 7) is 1.67. The van der Waals surface area contributed by atoms with Gasteiger partial charge in [0.25, 0.3) is 0 Å². The molecule has 2 aromatic rings. The molecule has 0 amide bonds. The predicted octanol–water partition coefficient (Wildman–Crippen LogP) is 3.52. The van der Waals surface area contributed by atoms with E-state index in [-0.39, 0.29) is 23.7 Å². The maximum absolute atomic E-state index is 13.0. The lowest BCUT2D eigenvalue weighted by Gasteiger charge is -2.01. The molecular formula is C10H7F3N2S. The van der Waals surface area contributed by atoms with Gasteiger partial charge in [0, 0.05) is 17.8 Å². The van der Waals surface area contributed by atoms with Crippen molar-refractivity contribution < 1.29 is 12.7 Å². The molecule has 0 unspecified atom stereocenters. The number of benzene rings is 1. The molecule has 6 heteroatoms. The van der Waals surface area contributed by atoms with Gasteiger partial charge in [-0.15, -0.1) is 3.89 Å². The number of hydrogen-bond donors (Lipinski definition) is 0. The molecule has 0 bridgehead atoms. The molecule has 0 saturated heterocycles. The van der Waals surface area contributed by atoms with Crippen LogP contribution < -0.4 is 0 Å². The SMILES string of the molecule is Cc1cn(SF)c(-c2cc(F)cc(F)c2)n1. The lowest BCUT2D eigenvalue weighted by atomic mass is 10.2. The minimum Gasteiger partial charge on any atom is -0.245 e. The molecule has 1 heterocycles. The maximum atomic E-state index is 13.0. The molecule has 2 nitrogen and oxygen atoms in total. The molecule has 84 valence electrons. The Morgan fingerprint density at radius 1 is 1.19 bits per heavy atom. The van der Waals surface area contributed by atoms with Crippen molar-refractivity contribution in [2.45, 2.75) is 6.92 Å². The van der Waals surface area contributed by atoms with Crippen molar-refractivity contribution >= 4 is 12.3 Å². The predicted molar refractivity (Wildman–Crippen MR) is 56.4 cm³/mol. The number of imidazole rings is 1. The summed E-state index contributed by atoms with van der Waals surface area (Å²) >= 11 is -0.0679. The van der Waals surface area contributed by atoms with E-state index in [1.807, 2.05) is 0 Å². The number of hydrogen-bond acceptors (Lipinski definition) is 2. The van der Waals surface area contributed by atoms with E-state index in [1.54, 1.807) is 6.92 Å². The highest BCUT2D eigenvalue weighted by atomic mass is 32.2. The van der Waals surface area contributed by atoms with Crippen molar-refractivity contribution in [2.75, 3.05) is 0 Å². The molecule has 0 aliphatic carbocycles. The van der Waals surface area contributed by atoms with Gasteiger partial charge >= 0.3 is 0 Å². The maximum Gasteiger partial charge on any atom is 0.171 e. The van der Waals surface area contributed by atoms with Gasteiger partial charge in [0.05, 0.1) is 5.69 Å². The van der Waals surface area contributed by atoms with Crippen LogP contribution in [0.4, 0.5) is 12.7 Å². The Bertz CT molecular complexity index is 505. The van der Waals surface area contributed by atoms with E-state index in [4.69, 9.17) is 0 Å². The lowest BCUT2D eigenvalue weighted by Crippen LogP contribution is -1.90. The van der Waals surface area contributed by atoms with Crippen LogP contribution in [0.3, 0.4) is 0 Å². The Morgan fingerprint density at radius 3 is 2.38 bits per heavy atom. The number of rotatable bonds is 2. The molecule has 0 atom stereocenters. The van der Waals surface area contributed by atoms with E-state index in [0.717, 1.165) is 22.2 Å². The smallest absolute Gasteiger partial charge is 0.171 e. The second kappa shape index (κ2) is 4.21. The zero-order valence-electron chi connectivity index (χ0n) is 8.25. The fourth-order valence-electron chi connectivity index (χ4n) is 1.40. The van der Waals surface area contributed by atoms with Gasteiger partial charge in [0.15, 0.2) is 18.2 Å². The number of nitrogens with zero attached hydrogens (tertiary/aromatic N) is 2. The lowest BCUT2D eigenvalue weighted by molar-refractivity contribution is 0.584. The molecule has 1 aromatic carbocycles. The van der Waals surface area contributed by atoms with Crippen LogP contribution in [0.15, 0.2) is 24.4 Å². The van der Waals surface area contributed by atoms with E-state index in [9.17, 15) is 12.7 Å². The van der Waals surface area contributed by atoms with Gasteiger partial charge < -0.3 is 0 Å². The summed E-state index contributed by atoms with van der Waals surface area (Å²) in [5.41, 5.74) is 0.778. The van der Waals surface area contributed by atoms with Crippen molar-refractivity contribution in [3.8, 4) is 11.4 Å². The van der Waals surface area contributed by atoms with Crippen molar-refractivity contribution in [1.29, 1.82) is 0 Å². The second-order valence-electron chi connectivity index (χ2n) is 3.26. The molecule has 0 radical (unpaired) electrons. The van der Waals surface area contributed by atoms with Gasteiger partial charge in [-0.25, -0.2) is 17.7 Å². The normalized spacial score (nSPS) is 10.8. The second-order valence-corrected chi connectivity index (χ2v) is 3.79. The molecule has 0 fully saturated rings. The molecule has 2 rings (SSSR count). The van der Waals surface area contributed by atoms with Gasteiger partial charge in [-0.2, -0.15) is 0 Å². The zero-order valence-corrected chi connectivity index (χ0v) is 9.06. The van der Waals surface area contributed by atoms with Gasteiger partial charge in [-0.1, -0.05) is 0 Å². The third-order valence-electron chi connectivity index (χ3n) is 1.99. The molecule has 0 saturated carbocycles. The van der Waals surface area contributed by atoms with Crippen LogP contribution in [-0.2, 0) is 0 Å². The number of aromatic nitrogens is 2. The Hall–Kier alpha value is -1.43. The van der Waals surface area contributed by atoms with Crippen molar-refractivity contribution in [3.05, 3.63) is 41.7 Å². The van der Waals surface area contributed by atoms with Gasteiger partial charge in [0.2, 0.25) is 0 Å². The number of aryl methyl sites for hydroxylation is 1. The topological polar surface area (TPSA) is 17.8 Å². The van der Waals surface area contributed by atoms with Crippen LogP contribution in [0.1, 0.15) is 5.69 Å². The fourth-order valence-corrected chi connectivity index (χ4v) is 1.81. The van der Waals surface area contributed by atoms with E-state index in [1.165, 1.54) is 6.20 Å². The van der Waals surface area contributed by atoms with Crippen LogP contribution in [-0.4, -0.2) is 8.96 Å². The van der Waals surface area contributed by atoms with E-state index < -0.39 is 11.6 Å². The first-order valence-electron chi connectivity index (χ1n) is 4.41. The van der Waals surface area contributed by atoms with Crippen LogP contribution in [0, 0.1) is 18.6 Å². The van der Waals surface area contributed by atoms with E-state index >= 15 is 0 Å². The highest BCUT2D eigenvalue weighted by molar-refractivity contribution is 7.92. The third kappa shape index (κ3) is 2.06. The first-order chi connectivity index (χ1) is 7.60. The summed E-state index contributed by atoms with van der Waals surface area (Å²) < 4.78 is 39.6. The number of halogens is 3. The molecular weight excluding hydrogens is 237 g/mol. The average molecular weight is 244 g/mol. The molecule has 0 aliphatic rings. The minimum absolute atomic E-state index is 0.0679. The summed E-state index contributed by atoms with van der Waals surface area (Å²) in [6, 6.07) is 2.97. The van der Waals surface area contributed by atoms with Crippen LogP contribution in [0.2, 0.25) is 0 Å². The van der Waals surface area contributed by atoms with Crippen molar-refractivity contribution in [1.82, 2.24) is 8.96 Å². The van der Waals surface area contributed by atoms with Gasteiger partial charge in [-0.05, 0) is 19.1 Å². The summed E-state index contributed by atoms with van der Waals surface area (Å²) in [6.07, 6.45) is 1.45. The highest BCUT2D eigenvalue weighted by Gasteiger charge is 2.11. The van der Waals surface area contributed by atoms with Crippen LogP contribution >= 0.6 is 12.3 Å². The Labute approximate surface area is 94.5 Å². The molecule has 0 spiro atoms. The zero-order chi connectivity index (χ0) is 11.7. The monoisotopic (exact) mass is 244 g/mol. The molecule has 0 aliphatic heterocycles. The summed E-state index contributed by atoms with van der Waals surface area (Å²) in [4.78, 5) is 4.00. The molecule has 0 N–H and O–H groups in total.